The highest BCUT2D eigenvalue weighted by atomic mass is 16.5. The van der Waals surface area contributed by atoms with Crippen molar-refractivity contribution >= 4 is 22.8 Å². The zero-order valence-electron chi connectivity index (χ0n) is 17.7. The van der Waals surface area contributed by atoms with Gasteiger partial charge >= 0.3 is 0 Å². The minimum atomic E-state index is 0.448. The van der Waals surface area contributed by atoms with E-state index < -0.39 is 0 Å². The minimum absolute atomic E-state index is 0.448. The van der Waals surface area contributed by atoms with Gasteiger partial charge in [-0.15, -0.1) is 0 Å². The highest BCUT2D eigenvalue weighted by molar-refractivity contribution is 6.04. The molecule has 2 rings (SSSR count). The Hall–Kier alpha value is -2.42. The van der Waals surface area contributed by atoms with E-state index in [4.69, 9.17) is 14.7 Å². The van der Waals surface area contributed by atoms with Crippen molar-refractivity contribution in [2.45, 2.75) is 59.8 Å². The second kappa shape index (κ2) is 9.50. The van der Waals surface area contributed by atoms with Gasteiger partial charge in [0.1, 0.15) is 5.75 Å². The van der Waals surface area contributed by atoms with Crippen LogP contribution in [-0.2, 0) is 0 Å². The molecule has 0 aliphatic rings. The lowest BCUT2D eigenvalue weighted by Gasteiger charge is -2.17. The van der Waals surface area contributed by atoms with E-state index in [-0.39, 0.29) is 0 Å². The molecule has 2 aromatic carbocycles. The van der Waals surface area contributed by atoms with E-state index in [2.05, 4.69) is 59.7 Å². The molecule has 27 heavy (non-hydrogen) atoms. The highest BCUT2D eigenvalue weighted by Gasteiger charge is 2.13. The third-order valence-electron chi connectivity index (χ3n) is 4.55. The van der Waals surface area contributed by atoms with E-state index in [1.54, 1.807) is 7.11 Å². The normalized spacial score (nSPS) is 12.8. The molecule has 0 aliphatic heterocycles. The summed E-state index contributed by atoms with van der Waals surface area (Å²) < 4.78 is 5.20. The van der Waals surface area contributed by atoms with E-state index >= 15 is 0 Å². The number of benzene rings is 2. The molecule has 144 valence electrons. The lowest BCUT2D eigenvalue weighted by atomic mass is 9.93. The van der Waals surface area contributed by atoms with Crippen molar-refractivity contribution in [1.29, 1.82) is 0 Å². The van der Waals surface area contributed by atoms with Crippen molar-refractivity contribution in [3.05, 3.63) is 53.6 Å². The molecule has 0 radical (unpaired) electrons. The van der Waals surface area contributed by atoms with Gasteiger partial charge in [0.2, 0.25) is 0 Å². The van der Waals surface area contributed by atoms with E-state index in [1.165, 1.54) is 11.1 Å². The van der Waals surface area contributed by atoms with E-state index in [0.717, 1.165) is 35.0 Å². The Balaban J connectivity index is 2.27. The molecule has 0 saturated heterocycles. The molecule has 0 atom stereocenters. The van der Waals surface area contributed by atoms with Crippen molar-refractivity contribution in [2.75, 3.05) is 7.11 Å². The summed E-state index contributed by atoms with van der Waals surface area (Å²) >= 11 is 0. The third kappa shape index (κ3) is 5.78. The van der Waals surface area contributed by atoms with Crippen LogP contribution in [-0.4, -0.2) is 18.5 Å². The molecule has 0 fully saturated rings. The van der Waals surface area contributed by atoms with Crippen LogP contribution in [0.2, 0.25) is 0 Å². The molecular weight excluding hydrogens is 332 g/mol. The molecule has 2 aromatic rings. The number of rotatable bonds is 7. The van der Waals surface area contributed by atoms with Crippen LogP contribution >= 0.6 is 0 Å². The Morgan fingerprint density at radius 2 is 1.33 bits per heavy atom. The van der Waals surface area contributed by atoms with Gasteiger partial charge in [-0.05, 0) is 61.1 Å². The van der Waals surface area contributed by atoms with E-state index in [9.17, 15) is 0 Å². The molecule has 0 spiro atoms. The Morgan fingerprint density at radius 1 is 0.815 bits per heavy atom. The largest absolute Gasteiger partial charge is 0.497 e. The van der Waals surface area contributed by atoms with Crippen molar-refractivity contribution in [2.24, 2.45) is 9.98 Å². The van der Waals surface area contributed by atoms with Crippen LogP contribution in [0.4, 0.5) is 11.4 Å². The molecule has 0 unspecified atom stereocenters. The standard InChI is InChI=1S/C24H32N2O/c1-16(2)22-9-8-10-23(17(3)4)24(22)26-19(6)15-18(5)25-20-11-13-21(27-7)14-12-20/h8-14,16-17H,15H2,1-7H3. The summed E-state index contributed by atoms with van der Waals surface area (Å²) in [5.41, 5.74) is 6.83. The van der Waals surface area contributed by atoms with Gasteiger partial charge in [-0.3, -0.25) is 9.98 Å². The van der Waals surface area contributed by atoms with Crippen molar-refractivity contribution < 1.29 is 4.74 Å². The van der Waals surface area contributed by atoms with Crippen LogP contribution in [0.25, 0.3) is 0 Å². The molecule has 0 N–H and O–H groups in total. The lowest BCUT2D eigenvalue weighted by Crippen LogP contribution is -2.02. The smallest absolute Gasteiger partial charge is 0.119 e. The summed E-state index contributed by atoms with van der Waals surface area (Å²) in [7, 11) is 1.67. The molecule has 0 amide bonds. The maximum atomic E-state index is 5.20. The molecule has 0 aromatic heterocycles. The zero-order chi connectivity index (χ0) is 20.0. The number of methoxy groups -OCH3 is 1. The average molecular weight is 365 g/mol. The summed E-state index contributed by atoms with van der Waals surface area (Å²) in [5.74, 6) is 1.74. The van der Waals surface area contributed by atoms with Crippen molar-refractivity contribution in [3.8, 4) is 5.75 Å². The summed E-state index contributed by atoms with van der Waals surface area (Å²) in [5, 5.41) is 0. The van der Waals surface area contributed by atoms with E-state index in [1.807, 2.05) is 24.3 Å². The van der Waals surface area contributed by atoms with Gasteiger partial charge in [-0.1, -0.05) is 45.9 Å². The summed E-state index contributed by atoms with van der Waals surface area (Å²) in [6.45, 7) is 13.1. The maximum Gasteiger partial charge on any atom is 0.119 e. The number of ether oxygens (including phenoxy) is 1. The Labute approximate surface area is 164 Å². The van der Waals surface area contributed by atoms with Crippen molar-refractivity contribution in [1.82, 2.24) is 0 Å². The predicted molar refractivity (Wildman–Crippen MR) is 118 cm³/mol. The van der Waals surface area contributed by atoms with Crippen LogP contribution in [0.3, 0.4) is 0 Å². The Kier molecular flexibility index (Phi) is 7.35. The maximum absolute atomic E-state index is 5.20. The molecule has 3 heteroatoms. The van der Waals surface area contributed by atoms with Crippen LogP contribution < -0.4 is 4.74 Å². The van der Waals surface area contributed by atoms with Gasteiger partial charge in [0.05, 0.1) is 18.5 Å². The monoisotopic (exact) mass is 364 g/mol. The first-order chi connectivity index (χ1) is 12.8. The van der Waals surface area contributed by atoms with Gasteiger partial charge in [0.15, 0.2) is 0 Å². The summed E-state index contributed by atoms with van der Waals surface area (Å²) in [6.07, 6.45) is 0.760. The van der Waals surface area contributed by atoms with Crippen LogP contribution in [0, 0.1) is 0 Å². The fourth-order valence-electron chi connectivity index (χ4n) is 3.16. The molecule has 0 saturated carbocycles. The van der Waals surface area contributed by atoms with Gasteiger partial charge in [0.25, 0.3) is 0 Å². The predicted octanol–water partition coefficient (Wildman–Crippen LogP) is 7.22. The Bertz CT molecular complexity index is 789. The first-order valence-corrected chi connectivity index (χ1v) is 9.67. The Morgan fingerprint density at radius 3 is 1.81 bits per heavy atom. The minimum Gasteiger partial charge on any atom is -0.497 e. The number of nitrogens with zero attached hydrogens (tertiary/aromatic N) is 2. The summed E-state index contributed by atoms with van der Waals surface area (Å²) in [6, 6.07) is 14.3. The van der Waals surface area contributed by atoms with Gasteiger partial charge in [-0.25, -0.2) is 0 Å². The number of para-hydroxylation sites is 1. The average Bonchev–Trinajstić information content (AvgIpc) is 2.61. The third-order valence-corrected chi connectivity index (χ3v) is 4.55. The second-order valence-corrected chi connectivity index (χ2v) is 7.66. The van der Waals surface area contributed by atoms with Crippen LogP contribution in [0.15, 0.2) is 52.4 Å². The SMILES string of the molecule is COc1ccc(N=C(C)CC(C)=Nc2c(C(C)C)cccc2C(C)C)cc1. The van der Waals surface area contributed by atoms with Crippen LogP contribution in [0.1, 0.15) is 70.9 Å². The van der Waals surface area contributed by atoms with Gasteiger partial charge in [-0.2, -0.15) is 0 Å². The lowest BCUT2D eigenvalue weighted by molar-refractivity contribution is 0.415. The fourth-order valence-corrected chi connectivity index (χ4v) is 3.16. The molecule has 0 bridgehead atoms. The number of aliphatic imine (C=N–C) groups is 2. The highest BCUT2D eigenvalue weighted by Crippen LogP contribution is 2.35. The zero-order valence-corrected chi connectivity index (χ0v) is 17.7. The van der Waals surface area contributed by atoms with Crippen molar-refractivity contribution in [3.63, 3.8) is 0 Å². The summed E-state index contributed by atoms with van der Waals surface area (Å²) in [4.78, 5) is 9.74. The molecular formula is C24H32N2O. The topological polar surface area (TPSA) is 34.0 Å². The molecule has 0 aliphatic carbocycles. The van der Waals surface area contributed by atoms with Gasteiger partial charge in [0, 0.05) is 17.8 Å². The number of hydrogen-bond acceptors (Lipinski definition) is 3. The van der Waals surface area contributed by atoms with Gasteiger partial charge < -0.3 is 4.74 Å². The number of hydrogen-bond donors (Lipinski definition) is 0. The van der Waals surface area contributed by atoms with Crippen LogP contribution in [0.5, 0.6) is 5.75 Å². The molecule has 3 nitrogen and oxygen atoms in total. The molecule has 0 heterocycles. The quantitative estimate of drug-likeness (QED) is 0.478. The van der Waals surface area contributed by atoms with E-state index in [0.29, 0.717) is 11.8 Å². The first kappa shape index (κ1) is 20.9. The first-order valence-electron chi connectivity index (χ1n) is 9.67. The second-order valence-electron chi connectivity index (χ2n) is 7.66. The fraction of sp³-hybridized carbons (Fsp3) is 0.417.